The van der Waals surface area contributed by atoms with Crippen LogP contribution >= 0.6 is 23.2 Å². The Hall–Kier alpha value is -3.53. The Bertz CT molecular complexity index is 1610. The fourth-order valence-corrected chi connectivity index (χ4v) is 5.07. The SMILES string of the molecule is CCOC(=O)c1ccc(S(=O)(=O)N(C)C(=O)c2cc3cc(Oc4ccc(Cl)c(Cl)c4)ccc3n2C)cc1. The van der Waals surface area contributed by atoms with Crippen LogP contribution in [0.15, 0.2) is 71.6 Å². The number of hydrogen-bond acceptors (Lipinski definition) is 6. The van der Waals surface area contributed by atoms with Gasteiger partial charge in [0.05, 0.1) is 27.1 Å². The lowest BCUT2D eigenvalue weighted by molar-refractivity contribution is 0.0526. The molecule has 0 fully saturated rings. The average molecular weight is 561 g/mol. The van der Waals surface area contributed by atoms with Crippen molar-refractivity contribution in [1.29, 1.82) is 0 Å². The molecule has 0 aliphatic rings. The largest absolute Gasteiger partial charge is 0.462 e. The van der Waals surface area contributed by atoms with Crippen LogP contribution in [0.2, 0.25) is 10.0 Å². The van der Waals surface area contributed by atoms with Crippen molar-refractivity contribution in [1.82, 2.24) is 8.87 Å². The highest BCUT2D eigenvalue weighted by Gasteiger charge is 2.29. The number of sulfonamides is 1. The highest BCUT2D eigenvalue weighted by molar-refractivity contribution is 7.89. The third-order valence-electron chi connectivity index (χ3n) is 5.67. The van der Waals surface area contributed by atoms with Gasteiger partial charge in [-0.15, -0.1) is 0 Å². The van der Waals surface area contributed by atoms with Crippen LogP contribution in [0.25, 0.3) is 10.9 Å². The number of hydrogen-bond donors (Lipinski definition) is 0. The van der Waals surface area contributed by atoms with Gasteiger partial charge >= 0.3 is 5.97 Å². The first kappa shape index (κ1) is 26.5. The summed E-state index contributed by atoms with van der Waals surface area (Å²) in [6, 6.07) is 16.9. The summed E-state index contributed by atoms with van der Waals surface area (Å²) in [5, 5.41) is 1.44. The van der Waals surface area contributed by atoms with Crippen LogP contribution in [0.1, 0.15) is 27.8 Å². The zero-order valence-corrected chi connectivity index (χ0v) is 22.4. The lowest BCUT2D eigenvalue weighted by atomic mass is 10.2. The molecule has 1 heterocycles. The quantitative estimate of drug-likeness (QED) is 0.260. The van der Waals surface area contributed by atoms with Gasteiger partial charge in [-0.1, -0.05) is 23.2 Å². The normalized spacial score (nSPS) is 11.4. The monoisotopic (exact) mass is 560 g/mol. The molecule has 0 aliphatic carbocycles. The van der Waals surface area contributed by atoms with Crippen molar-refractivity contribution in [3.8, 4) is 11.5 Å². The van der Waals surface area contributed by atoms with E-state index in [0.29, 0.717) is 36.8 Å². The molecule has 0 aliphatic heterocycles. The number of aromatic nitrogens is 1. The van der Waals surface area contributed by atoms with Crippen LogP contribution < -0.4 is 4.74 Å². The van der Waals surface area contributed by atoms with E-state index in [2.05, 4.69) is 0 Å². The predicted octanol–water partition coefficient (Wildman–Crippen LogP) is 5.92. The van der Waals surface area contributed by atoms with Crippen LogP contribution in [0.3, 0.4) is 0 Å². The summed E-state index contributed by atoms with van der Waals surface area (Å²) in [6.45, 7) is 1.87. The molecule has 0 bridgehead atoms. The van der Waals surface area contributed by atoms with E-state index in [1.165, 1.54) is 31.3 Å². The maximum Gasteiger partial charge on any atom is 0.338 e. The van der Waals surface area contributed by atoms with E-state index in [-0.39, 0.29) is 22.8 Å². The van der Waals surface area contributed by atoms with Gasteiger partial charge in [-0.05, 0) is 67.6 Å². The predicted molar refractivity (Wildman–Crippen MR) is 141 cm³/mol. The summed E-state index contributed by atoms with van der Waals surface area (Å²) >= 11 is 12.0. The maximum absolute atomic E-state index is 13.3. The molecule has 0 spiro atoms. The third-order valence-corrected chi connectivity index (χ3v) is 8.16. The summed E-state index contributed by atoms with van der Waals surface area (Å²) in [7, 11) is -1.32. The molecule has 1 amide bonds. The van der Waals surface area contributed by atoms with E-state index < -0.39 is 21.9 Å². The Balaban J connectivity index is 1.59. The average Bonchev–Trinajstić information content (AvgIpc) is 3.21. The number of fused-ring (bicyclic) bond motifs is 1. The second-order valence-electron chi connectivity index (χ2n) is 8.01. The van der Waals surface area contributed by atoms with Crippen LogP contribution in [-0.2, 0) is 21.8 Å². The lowest BCUT2D eigenvalue weighted by Crippen LogP contribution is -2.34. The molecule has 4 rings (SSSR count). The Morgan fingerprint density at radius 3 is 2.22 bits per heavy atom. The van der Waals surface area contributed by atoms with Crippen molar-refractivity contribution in [2.75, 3.05) is 13.7 Å². The molecule has 8 nitrogen and oxygen atoms in total. The number of nitrogens with zero attached hydrogens (tertiary/aromatic N) is 2. The van der Waals surface area contributed by atoms with E-state index in [4.69, 9.17) is 32.7 Å². The van der Waals surface area contributed by atoms with Crippen LogP contribution in [0.4, 0.5) is 0 Å². The molecule has 1 aromatic heterocycles. The topological polar surface area (TPSA) is 94.9 Å². The van der Waals surface area contributed by atoms with E-state index >= 15 is 0 Å². The lowest BCUT2D eigenvalue weighted by Gasteiger charge is -2.18. The first-order valence-electron chi connectivity index (χ1n) is 11.1. The molecule has 0 unspecified atom stereocenters. The van der Waals surface area contributed by atoms with Crippen molar-refractivity contribution >= 4 is 56.0 Å². The van der Waals surface area contributed by atoms with E-state index in [9.17, 15) is 18.0 Å². The minimum Gasteiger partial charge on any atom is -0.462 e. The number of carbonyl (C=O) groups is 2. The first-order valence-corrected chi connectivity index (χ1v) is 13.3. The molecule has 37 heavy (non-hydrogen) atoms. The first-order chi connectivity index (χ1) is 17.5. The van der Waals surface area contributed by atoms with Gasteiger partial charge in [0.2, 0.25) is 0 Å². The van der Waals surface area contributed by atoms with Crippen molar-refractivity contribution < 1.29 is 27.5 Å². The second-order valence-corrected chi connectivity index (χ2v) is 10.8. The maximum atomic E-state index is 13.3. The van der Waals surface area contributed by atoms with E-state index in [0.717, 1.165) is 0 Å². The van der Waals surface area contributed by atoms with E-state index in [1.54, 1.807) is 61.0 Å². The standard InChI is InChI=1S/C26H22Cl2N2O6S/c1-4-35-26(32)16-5-9-20(10-6-16)37(33,34)30(3)25(31)24-14-17-13-18(8-12-23(17)29(24)2)36-19-7-11-21(27)22(28)15-19/h5-15H,4H2,1-3H3. The minimum atomic E-state index is -4.18. The van der Waals surface area contributed by atoms with E-state index in [1.807, 2.05) is 0 Å². The number of ether oxygens (including phenoxy) is 2. The van der Waals surface area contributed by atoms with Crippen molar-refractivity contribution in [3.63, 3.8) is 0 Å². The molecule has 0 saturated carbocycles. The summed E-state index contributed by atoms with van der Waals surface area (Å²) in [6.07, 6.45) is 0. The Labute approximate surface area is 224 Å². The summed E-state index contributed by atoms with van der Waals surface area (Å²) in [5.74, 6) is -0.298. The minimum absolute atomic E-state index is 0.132. The number of rotatable bonds is 7. The molecule has 0 N–H and O–H groups in total. The molecular formula is C26H22Cl2N2O6S. The molecule has 0 radical (unpaired) electrons. The van der Waals surface area contributed by atoms with Gasteiger partial charge in [0, 0.05) is 31.1 Å². The second kappa shape index (κ2) is 10.5. The molecular weight excluding hydrogens is 539 g/mol. The highest BCUT2D eigenvalue weighted by Crippen LogP contribution is 2.32. The van der Waals surface area contributed by atoms with Gasteiger partial charge in [-0.25, -0.2) is 17.5 Å². The Morgan fingerprint density at radius 1 is 0.919 bits per heavy atom. The number of amides is 1. The fraction of sp³-hybridized carbons (Fsp3) is 0.154. The number of benzene rings is 3. The Kier molecular flexibility index (Phi) is 7.49. The number of esters is 1. The van der Waals surface area contributed by atoms with Crippen molar-refractivity contribution in [3.05, 3.63) is 88.0 Å². The summed E-state index contributed by atoms with van der Waals surface area (Å²) < 4.78 is 39.3. The van der Waals surface area contributed by atoms with Gasteiger partial charge in [-0.2, -0.15) is 0 Å². The third kappa shape index (κ3) is 5.29. The number of carbonyl (C=O) groups excluding carboxylic acids is 2. The molecule has 0 atom stereocenters. The fourth-order valence-electron chi connectivity index (χ4n) is 3.68. The van der Waals surface area contributed by atoms with Crippen molar-refractivity contribution in [2.45, 2.75) is 11.8 Å². The molecule has 4 aromatic rings. The smallest absolute Gasteiger partial charge is 0.338 e. The zero-order chi connectivity index (χ0) is 26.9. The van der Waals surface area contributed by atoms with Gasteiger partial charge in [0.15, 0.2) is 0 Å². The van der Waals surface area contributed by atoms with Crippen LogP contribution in [0.5, 0.6) is 11.5 Å². The van der Waals surface area contributed by atoms with Crippen LogP contribution in [0, 0.1) is 0 Å². The Morgan fingerprint density at radius 2 is 1.57 bits per heavy atom. The van der Waals surface area contributed by atoms with Gasteiger partial charge in [0.1, 0.15) is 17.2 Å². The van der Waals surface area contributed by atoms with Crippen LogP contribution in [-0.4, -0.2) is 42.8 Å². The molecule has 0 saturated heterocycles. The van der Waals surface area contributed by atoms with Gasteiger partial charge in [0.25, 0.3) is 15.9 Å². The van der Waals surface area contributed by atoms with Gasteiger partial charge < -0.3 is 14.0 Å². The summed E-state index contributed by atoms with van der Waals surface area (Å²) in [4.78, 5) is 25.0. The molecule has 11 heteroatoms. The number of aryl methyl sites for hydroxylation is 1. The highest BCUT2D eigenvalue weighted by atomic mass is 35.5. The summed E-state index contributed by atoms with van der Waals surface area (Å²) in [5.41, 5.74) is 1.08. The number of halogens is 2. The zero-order valence-electron chi connectivity index (χ0n) is 20.1. The molecule has 3 aromatic carbocycles. The molecule has 192 valence electrons. The van der Waals surface area contributed by atoms with Gasteiger partial charge in [-0.3, -0.25) is 4.79 Å². The van der Waals surface area contributed by atoms with Crippen molar-refractivity contribution in [2.24, 2.45) is 7.05 Å².